The maximum atomic E-state index is 15.0. The topological polar surface area (TPSA) is 194 Å². The van der Waals surface area contributed by atoms with E-state index < -0.39 is 40.5 Å². The summed E-state index contributed by atoms with van der Waals surface area (Å²) in [5.41, 5.74) is 5.09. The molecule has 3 aliphatic rings. The van der Waals surface area contributed by atoms with E-state index in [1.807, 2.05) is 0 Å². The molecule has 3 atom stereocenters. The van der Waals surface area contributed by atoms with Gasteiger partial charge in [0.05, 0.1) is 32.1 Å². The van der Waals surface area contributed by atoms with Gasteiger partial charge in [0, 0.05) is 29.2 Å². The molecule has 0 amide bonds. The summed E-state index contributed by atoms with van der Waals surface area (Å²) in [6.45, 7) is 5.36. The van der Waals surface area contributed by atoms with Crippen molar-refractivity contribution in [3.05, 3.63) is 84.2 Å². The number of fused-ring (bicyclic) bond motifs is 2. The Bertz CT molecular complexity index is 2210. The Morgan fingerprint density at radius 1 is 1.12 bits per heavy atom. The highest BCUT2D eigenvalue weighted by molar-refractivity contribution is 7.15. The number of anilines is 2. The number of allylic oxidation sites excluding steroid dienone is 1. The van der Waals surface area contributed by atoms with E-state index in [0.29, 0.717) is 27.6 Å². The predicted molar refractivity (Wildman–Crippen MR) is 182 cm³/mol. The maximum Gasteiger partial charge on any atom is 0.350 e. The fourth-order valence-corrected chi connectivity index (χ4v) is 7.83. The van der Waals surface area contributed by atoms with E-state index in [1.165, 1.54) is 20.3 Å². The number of rotatable bonds is 7. The number of hydrogen-bond donors (Lipinski definition) is 3. The number of aryl methyl sites for hydroxylation is 1. The molecule has 0 fully saturated rings. The van der Waals surface area contributed by atoms with Crippen LogP contribution in [-0.2, 0) is 9.53 Å². The van der Waals surface area contributed by atoms with E-state index in [0.717, 1.165) is 11.3 Å². The number of aromatic amines is 1. The average Bonchev–Trinajstić information content (AvgIpc) is 3.61. The van der Waals surface area contributed by atoms with Crippen LogP contribution in [0.25, 0.3) is 0 Å². The summed E-state index contributed by atoms with van der Waals surface area (Å²) in [5.74, 6) is -2.64. The Labute approximate surface area is 293 Å². The van der Waals surface area contributed by atoms with E-state index in [2.05, 4.69) is 20.3 Å². The zero-order chi connectivity index (χ0) is 35.6. The predicted octanol–water partition coefficient (Wildman–Crippen LogP) is 5.19. The first-order valence-electron chi connectivity index (χ1n) is 15.5. The molecule has 2 aromatic carbocycles. The first-order chi connectivity index (χ1) is 23.9. The number of esters is 1. The zero-order valence-corrected chi connectivity index (χ0v) is 29.0. The molecule has 7 rings (SSSR count). The van der Waals surface area contributed by atoms with Crippen molar-refractivity contribution in [1.82, 2.24) is 15.0 Å². The second-order valence-corrected chi connectivity index (χ2v) is 13.2. The van der Waals surface area contributed by atoms with Gasteiger partial charge in [-0.05, 0) is 38.0 Å². The molecule has 0 saturated heterocycles. The molecular weight excluding hydrogens is 690 g/mol. The number of carbonyl (C=O) groups excluding carboxylic acids is 3. The summed E-state index contributed by atoms with van der Waals surface area (Å²) in [6.07, 6.45) is 0.176. The number of nitrogens with one attached hydrogen (secondary N) is 2. The monoisotopic (exact) mass is 719 g/mol. The summed E-state index contributed by atoms with van der Waals surface area (Å²) < 4.78 is 28.3. The summed E-state index contributed by atoms with van der Waals surface area (Å²) in [5, 5.41) is 3.40. The van der Waals surface area contributed by atoms with Crippen molar-refractivity contribution >= 4 is 52.2 Å². The number of methoxy groups -OCH3 is 2. The Hall–Kier alpha value is -5.41. The van der Waals surface area contributed by atoms with Crippen LogP contribution in [0.15, 0.2) is 46.4 Å². The number of aromatic nitrogens is 3. The molecule has 1 aliphatic carbocycles. The summed E-state index contributed by atoms with van der Waals surface area (Å²) in [7, 11) is 2.80. The Morgan fingerprint density at radius 3 is 2.52 bits per heavy atom. The van der Waals surface area contributed by atoms with Crippen LogP contribution in [0.4, 0.5) is 11.8 Å². The molecule has 1 spiro atoms. The normalized spacial score (nSPS) is 20.4. The van der Waals surface area contributed by atoms with Crippen molar-refractivity contribution in [2.75, 3.05) is 31.9 Å². The highest BCUT2D eigenvalue weighted by atomic mass is 35.5. The fraction of sp³-hybridized carbons (Fsp3) is 0.294. The van der Waals surface area contributed by atoms with Crippen molar-refractivity contribution in [2.24, 2.45) is 5.92 Å². The van der Waals surface area contributed by atoms with Crippen LogP contribution in [0.5, 0.6) is 28.2 Å². The van der Waals surface area contributed by atoms with Crippen LogP contribution in [0.3, 0.4) is 0 Å². The molecule has 50 heavy (non-hydrogen) atoms. The van der Waals surface area contributed by atoms with Gasteiger partial charge in [0.15, 0.2) is 5.75 Å². The summed E-state index contributed by atoms with van der Waals surface area (Å²) >= 11 is 7.68. The van der Waals surface area contributed by atoms with Crippen LogP contribution >= 0.6 is 22.9 Å². The van der Waals surface area contributed by atoms with Gasteiger partial charge in [-0.15, -0.1) is 0 Å². The van der Waals surface area contributed by atoms with Gasteiger partial charge in [0.25, 0.3) is 10.8 Å². The number of nitrogen functional groups attached to an aromatic ring is 1. The molecule has 14 nitrogen and oxygen atoms in total. The van der Waals surface area contributed by atoms with E-state index >= 15 is 0 Å². The largest absolute Gasteiger partial charge is 0.496 e. The lowest BCUT2D eigenvalue weighted by Gasteiger charge is -2.42. The third-order valence-electron chi connectivity index (χ3n) is 9.01. The first kappa shape index (κ1) is 33.1. The quantitative estimate of drug-likeness (QED) is 0.167. The maximum absolute atomic E-state index is 15.0. The van der Waals surface area contributed by atoms with Gasteiger partial charge in [-0.2, -0.15) is 4.98 Å². The number of benzene rings is 2. The van der Waals surface area contributed by atoms with Crippen LogP contribution in [0.2, 0.25) is 5.02 Å². The number of hydrogen-bond acceptors (Lipinski definition) is 14. The highest BCUT2D eigenvalue weighted by Crippen LogP contribution is 2.56. The van der Waals surface area contributed by atoms with Crippen molar-refractivity contribution in [3.63, 3.8) is 0 Å². The molecule has 1 unspecified atom stereocenters. The third-order valence-corrected chi connectivity index (χ3v) is 10.4. The molecule has 4 heterocycles. The lowest BCUT2D eigenvalue weighted by Crippen LogP contribution is -2.58. The molecule has 0 bridgehead atoms. The van der Waals surface area contributed by atoms with Crippen LogP contribution < -0.4 is 35.6 Å². The van der Waals surface area contributed by atoms with Gasteiger partial charge < -0.3 is 34.7 Å². The highest BCUT2D eigenvalue weighted by Gasteiger charge is 2.63. The van der Waals surface area contributed by atoms with Crippen LogP contribution in [-0.4, -0.2) is 58.9 Å². The van der Waals surface area contributed by atoms with Crippen LogP contribution in [0, 0.1) is 12.8 Å². The van der Waals surface area contributed by atoms with Gasteiger partial charge in [0.2, 0.25) is 23.1 Å². The Balaban J connectivity index is 1.31. The van der Waals surface area contributed by atoms with Gasteiger partial charge in [-0.1, -0.05) is 42.0 Å². The van der Waals surface area contributed by atoms with Crippen molar-refractivity contribution in [3.8, 4) is 28.2 Å². The second kappa shape index (κ2) is 12.2. The summed E-state index contributed by atoms with van der Waals surface area (Å²) in [6, 6.07) is 8.14. The third kappa shape index (κ3) is 4.90. The summed E-state index contributed by atoms with van der Waals surface area (Å²) in [4.78, 5) is 66.7. The molecule has 258 valence electrons. The molecule has 0 radical (unpaired) electrons. The van der Waals surface area contributed by atoms with E-state index in [9.17, 15) is 19.2 Å². The zero-order valence-electron chi connectivity index (χ0n) is 27.4. The molecule has 4 aromatic rings. The van der Waals surface area contributed by atoms with Gasteiger partial charge >= 0.3 is 5.97 Å². The number of nitrogens with two attached hydrogens (primary N) is 1. The van der Waals surface area contributed by atoms with E-state index in [1.54, 1.807) is 45.0 Å². The molecule has 16 heteroatoms. The van der Waals surface area contributed by atoms with Gasteiger partial charge in [-0.3, -0.25) is 19.4 Å². The van der Waals surface area contributed by atoms with Crippen LogP contribution in [0.1, 0.15) is 63.0 Å². The smallest absolute Gasteiger partial charge is 0.350 e. The number of Topliss-reactive ketones (excluding diaryl/α,β-unsaturated/α-hetero) is 2. The minimum atomic E-state index is -2.02. The number of carbonyl (C=O) groups is 3. The van der Waals surface area contributed by atoms with E-state index in [-0.39, 0.29) is 69.0 Å². The van der Waals surface area contributed by atoms with Crippen molar-refractivity contribution in [1.29, 1.82) is 0 Å². The number of H-pyrrole nitrogens is 1. The minimum absolute atomic E-state index is 0.0184. The minimum Gasteiger partial charge on any atom is -0.496 e. The van der Waals surface area contributed by atoms with Crippen molar-refractivity contribution < 1.29 is 38.1 Å². The Morgan fingerprint density at radius 2 is 1.84 bits per heavy atom. The molecule has 2 aromatic heterocycles. The first-order valence-corrected chi connectivity index (χ1v) is 16.7. The fourth-order valence-electron chi connectivity index (χ4n) is 6.73. The lowest BCUT2D eigenvalue weighted by atomic mass is 9.66. The number of nitrogens with zero attached hydrogens (tertiary/aromatic N) is 2. The number of thiazole rings is 1. The van der Waals surface area contributed by atoms with Gasteiger partial charge in [-0.25, -0.2) is 9.78 Å². The lowest BCUT2D eigenvalue weighted by molar-refractivity contribution is -0.130. The molecule has 0 saturated carbocycles. The van der Waals surface area contributed by atoms with Crippen molar-refractivity contribution in [2.45, 2.75) is 38.7 Å². The number of ether oxygens (including phenoxy) is 5. The standard InChI is InChI=1S/C34H30ClN5O9S/c1-6-47-31(44)26-14(3)37-33(50-26)48-16-9-7-15(8-10-16)20-21-17(38-29-23(20)30(43)40-32(36)39-29)11-13(2)34(27(21)41)28(42)22-18(45-4)12-19(46-5)24(35)25(22)49-34/h7-10,12-13,20H,6,11H2,1-5H3,(H4,36,38,39,40,43)/t13-,20?,34+/m1/s1. The number of ketones is 2. The van der Waals surface area contributed by atoms with Gasteiger partial charge in [0.1, 0.15) is 38.5 Å². The molecule has 2 aliphatic heterocycles. The molecular formula is C34H30ClN5O9S. The second-order valence-electron chi connectivity index (χ2n) is 11.8. The SMILES string of the molecule is CCOC(=O)c1sc(Oc2ccc(C3C4=C(C[C@@H](C)[C@]5(Oc6c(Cl)c(OC)cc(OC)c6C5=O)C4=O)Nc4nc(N)[nH]c(=O)c43)cc2)nc1C. The van der Waals surface area contributed by atoms with E-state index in [4.69, 9.17) is 41.0 Å². The Kier molecular flexibility index (Phi) is 8.06. The molecule has 4 N–H and O–H groups in total. The average molecular weight is 720 g/mol. The number of halogens is 1.